The Labute approximate surface area is 161 Å². The van der Waals surface area contributed by atoms with Crippen LogP contribution in [0.1, 0.15) is 70.1 Å². The van der Waals surface area contributed by atoms with Gasteiger partial charge in [-0.15, -0.1) is 0 Å². The van der Waals surface area contributed by atoms with E-state index in [1.54, 1.807) is 0 Å². The fourth-order valence-electron chi connectivity index (χ4n) is 2.71. The topological polar surface area (TPSA) is 104 Å². The summed E-state index contributed by atoms with van der Waals surface area (Å²) < 4.78 is 36.3. The molecule has 0 radical (unpaired) electrons. The smallest absolute Gasteiger partial charge is 0.309 e. The molecule has 1 saturated heterocycles. The monoisotopic (exact) mass is 372 g/mol. The normalized spacial score (nSPS) is 28.3. The summed E-state index contributed by atoms with van der Waals surface area (Å²) >= 11 is 0. The molecule has 0 spiro atoms. The van der Waals surface area contributed by atoms with Crippen LogP contribution in [0.25, 0.3) is 0 Å². The number of unbranched alkanes of at least 4 members (excludes halogenated alkanes) is 2. The predicted molar refractivity (Wildman–Crippen MR) is 98.5 cm³/mol. The first-order chi connectivity index (χ1) is 13.9. The average Bonchev–Trinajstić information content (AvgIpc) is 2.60. The number of carboxylic acid groups (broad SMARTS) is 1. The Balaban J connectivity index is 2.83. The standard InChI is InChI=1S/C20H32O6/c1-2-3-6-9-15(21)12-13-18-16(17(22)14-20(25)26-18)10-7-4-5-8-11-19(23)24/h4,7,12-13,15-18,21-22H,2-3,5-6,8-11,14H2,1H3,(H,23,24)/i5D2,8D2. The van der Waals surface area contributed by atoms with Crippen molar-refractivity contribution in [2.75, 3.05) is 0 Å². The summed E-state index contributed by atoms with van der Waals surface area (Å²) in [5.74, 6) is -2.63. The van der Waals surface area contributed by atoms with E-state index in [0.29, 0.717) is 6.42 Å². The largest absolute Gasteiger partial charge is 0.481 e. The highest BCUT2D eigenvalue weighted by Crippen LogP contribution is 2.27. The summed E-state index contributed by atoms with van der Waals surface area (Å²) in [5.41, 5.74) is 0. The molecule has 0 aromatic heterocycles. The number of hydrogen-bond donors (Lipinski definition) is 3. The summed E-state index contributed by atoms with van der Waals surface area (Å²) in [5, 5.41) is 29.1. The zero-order valence-corrected chi connectivity index (χ0v) is 15.1. The number of aliphatic carboxylic acids is 1. The van der Waals surface area contributed by atoms with Gasteiger partial charge in [0.15, 0.2) is 0 Å². The second-order valence-corrected chi connectivity index (χ2v) is 6.37. The van der Waals surface area contributed by atoms with Gasteiger partial charge in [-0.2, -0.15) is 0 Å². The Kier molecular flexibility index (Phi) is 8.03. The van der Waals surface area contributed by atoms with Crippen LogP contribution < -0.4 is 0 Å². The van der Waals surface area contributed by atoms with E-state index >= 15 is 0 Å². The maximum atomic E-state index is 11.7. The van der Waals surface area contributed by atoms with E-state index in [4.69, 9.17) is 15.3 Å². The second-order valence-electron chi connectivity index (χ2n) is 6.37. The zero-order chi connectivity index (χ0) is 22.9. The van der Waals surface area contributed by atoms with Gasteiger partial charge in [-0.3, -0.25) is 9.59 Å². The third kappa shape index (κ3) is 9.15. The highest BCUT2D eigenvalue weighted by molar-refractivity contribution is 5.71. The predicted octanol–water partition coefficient (Wildman–Crippen LogP) is 2.98. The van der Waals surface area contributed by atoms with Crippen molar-refractivity contribution in [3.05, 3.63) is 24.3 Å². The van der Waals surface area contributed by atoms with Gasteiger partial charge in [-0.05, 0) is 31.7 Å². The number of carbonyl (C=O) groups excluding carboxylic acids is 1. The highest BCUT2D eigenvalue weighted by Gasteiger charge is 2.35. The van der Waals surface area contributed by atoms with Crippen LogP contribution in [0.4, 0.5) is 0 Å². The molecule has 26 heavy (non-hydrogen) atoms. The molecule has 0 bridgehead atoms. The molecule has 148 valence electrons. The van der Waals surface area contributed by atoms with Gasteiger partial charge < -0.3 is 20.1 Å². The van der Waals surface area contributed by atoms with Gasteiger partial charge in [0.1, 0.15) is 6.10 Å². The molecule has 1 aliphatic heterocycles. The van der Waals surface area contributed by atoms with Crippen LogP contribution in [0.2, 0.25) is 0 Å². The fourth-order valence-corrected chi connectivity index (χ4v) is 2.71. The van der Waals surface area contributed by atoms with E-state index < -0.39 is 55.3 Å². The van der Waals surface area contributed by atoms with Gasteiger partial charge in [0.2, 0.25) is 0 Å². The van der Waals surface area contributed by atoms with Crippen LogP contribution in [0.5, 0.6) is 0 Å². The Morgan fingerprint density at radius 1 is 1.42 bits per heavy atom. The van der Waals surface area contributed by atoms with Gasteiger partial charge in [0.05, 0.1) is 18.6 Å². The lowest BCUT2D eigenvalue weighted by molar-refractivity contribution is -0.163. The molecule has 0 saturated carbocycles. The fraction of sp³-hybridized carbons (Fsp3) is 0.700. The Morgan fingerprint density at radius 3 is 2.88 bits per heavy atom. The summed E-state index contributed by atoms with van der Waals surface area (Å²) in [6, 6.07) is 0. The molecule has 3 N–H and O–H groups in total. The van der Waals surface area contributed by atoms with Crippen molar-refractivity contribution < 1.29 is 35.1 Å². The van der Waals surface area contributed by atoms with Gasteiger partial charge >= 0.3 is 11.9 Å². The Hall–Kier alpha value is -1.66. The number of aliphatic hydroxyl groups is 2. The minimum absolute atomic E-state index is 0.0814. The number of aliphatic hydroxyl groups excluding tert-OH is 2. The molecule has 1 fully saturated rings. The zero-order valence-electron chi connectivity index (χ0n) is 19.1. The van der Waals surface area contributed by atoms with Crippen molar-refractivity contribution in [3.8, 4) is 0 Å². The number of ether oxygens (including phenoxy) is 1. The molecule has 0 aliphatic carbocycles. The number of esters is 1. The number of hydrogen-bond acceptors (Lipinski definition) is 5. The first kappa shape index (κ1) is 16.5. The van der Waals surface area contributed by atoms with E-state index in [9.17, 15) is 19.8 Å². The van der Waals surface area contributed by atoms with Crippen molar-refractivity contribution >= 4 is 11.9 Å². The molecule has 0 aromatic carbocycles. The Morgan fingerprint density at radius 2 is 2.19 bits per heavy atom. The van der Waals surface area contributed by atoms with E-state index in [2.05, 4.69) is 6.92 Å². The summed E-state index contributed by atoms with van der Waals surface area (Å²) in [4.78, 5) is 22.5. The van der Waals surface area contributed by atoms with Crippen molar-refractivity contribution in [3.63, 3.8) is 0 Å². The van der Waals surface area contributed by atoms with Crippen LogP contribution in [-0.2, 0) is 14.3 Å². The van der Waals surface area contributed by atoms with Crippen LogP contribution in [0, 0.1) is 5.92 Å². The average molecular weight is 372 g/mol. The third-order valence-electron chi connectivity index (χ3n) is 4.14. The van der Waals surface area contributed by atoms with Gasteiger partial charge in [-0.25, -0.2) is 0 Å². The van der Waals surface area contributed by atoms with E-state index in [1.807, 2.05) is 0 Å². The lowest BCUT2D eigenvalue weighted by Crippen LogP contribution is -2.41. The molecule has 0 amide bonds. The summed E-state index contributed by atoms with van der Waals surface area (Å²) in [6.07, 6.45) is -0.0841. The van der Waals surface area contributed by atoms with Gasteiger partial charge in [0, 0.05) is 17.8 Å². The van der Waals surface area contributed by atoms with Gasteiger partial charge in [0.25, 0.3) is 0 Å². The Bertz CT molecular complexity index is 635. The van der Waals surface area contributed by atoms with Crippen LogP contribution in [0.3, 0.4) is 0 Å². The summed E-state index contributed by atoms with van der Waals surface area (Å²) in [7, 11) is 0. The van der Waals surface area contributed by atoms with Crippen molar-refractivity contribution in [2.45, 2.75) is 82.9 Å². The molecule has 6 heteroatoms. The first-order valence-corrected chi connectivity index (χ1v) is 9.03. The van der Waals surface area contributed by atoms with Crippen molar-refractivity contribution in [1.29, 1.82) is 0 Å². The summed E-state index contributed by atoms with van der Waals surface area (Å²) in [6.45, 7) is 2.05. The minimum Gasteiger partial charge on any atom is -0.481 e. The number of carbonyl (C=O) groups is 2. The third-order valence-corrected chi connectivity index (χ3v) is 4.14. The van der Waals surface area contributed by atoms with Crippen molar-refractivity contribution in [2.24, 2.45) is 5.92 Å². The van der Waals surface area contributed by atoms with Crippen LogP contribution in [-0.4, -0.2) is 45.6 Å². The number of cyclic esters (lactones) is 1. The maximum absolute atomic E-state index is 11.7. The minimum atomic E-state index is -2.62. The quantitative estimate of drug-likeness (QED) is 0.276. The van der Waals surface area contributed by atoms with E-state index in [1.165, 1.54) is 18.2 Å². The molecule has 1 heterocycles. The lowest BCUT2D eigenvalue weighted by atomic mass is 9.87. The molecular formula is C20H32O6. The molecule has 6 nitrogen and oxygen atoms in total. The van der Waals surface area contributed by atoms with Crippen molar-refractivity contribution in [1.82, 2.24) is 0 Å². The molecule has 1 aliphatic rings. The second kappa shape index (κ2) is 12.7. The molecule has 0 aromatic rings. The van der Waals surface area contributed by atoms with Crippen LogP contribution >= 0.6 is 0 Å². The van der Waals surface area contributed by atoms with Gasteiger partial charge in [-0.1, -0.05) is 44.4 Å². The highest BCUT2D eigenvalue weighted by atomic mass is 16.5. The maximum Gasteiger partial charge on any atom is 0.309 e. The number of allylic oxidation sites excluding steroid dienone is 2. The van der Waals surface area contributed by atoms with Crippen LogP contribution in [0.15, 0.2) is 24.3 Å². The SMILES string of the molecule is [2H]C([2H])(C=CCC1C(O)CC(=O)OC1C=CC(O)CCCCC)C([2H])([2H])CC(=O)O. The molecule has 4 atom stereocenters. The molecule has 1 rings (SSSR count). The molecular weight excluding hydrogens is 336 g/mol. The first-order valence-electron chi connectivity index (χ1n) is 11.0. The lowest BCUT2D eigenvalue weighted by Gasteiger charge is -2.32. The number of carboxylic acids is 1. The van der Waals surface area contributed by atoms with E-state index in [-0.39, 0.29) is 12.8 Å². The molecule has 4 unspecified atom stereocenters. The number of rotatable bonds is 12. The van der Waals surface area contributed by atoms with E-state index in [0.717, 1.165) is 25.3 Å².